The molecule has 5 heteroatoms. The molecule has 1 N–H and O–H groups in total. The molecule has 0 saturated heterocycles. The maximum absolute atomic E-state index is 5.24. The Hall–Kier alpha value is -2.69. The molecule has 2 heterocycles. The lowest BCUT2D eigenvalue weighted by Crippen LogP contribution is -2.08. The summed E-state index contributed by atoms with van der Waals surface area (Å²) in [6, 6.07) is 12.4. The molecule has 1 aliphatic carbocycles. The van der Waals surface area contributed by atoms with E-state index in [1.807, 2.05) is 36.5 Å². The number of aryl methyl sites for hydroxylation is 1. The molecule has 3 aromatic rings. The fourth-order valence-electron chi connectivity index (χ4n) is 2.80. The second kappa shape index (κ2) is 5.01. The molecular formula is C16H14N4O. The molecule has 1 unspecified atom stereocenters. The normalized spacial score (nSPS) is 16.7. The zero-order valence-corrected chi connectivity index (χ0v) is 11.4. The van der Waals surface area contributed by atoms with Crippen molar-refractivity contribution in [1.29, 1.82) is 0 Å². The molecule has 4 rings (SSSR count). The molecule has 0 fully saturated rings. The van der Waals surface area contributed by atoms with Crippen LogP contribution >= 0.6 is 0 Å². The quantitative estimate of drug-likeness (QED) is 0.796. The number of benzene rings is 1. The number of nitrogens with one attached hydrogen (secondary N) is 1. The standard InChI is InChI=1S/C16H14N4O/c1-3-12(16-20-18-10-21-16)9-13(5-1)19-14-7-6-11-4-2-8-17-15(11)14/h1-5,8-10,14,19H,6-7H2. The fourth-order valence-corrected chi connectivity index (χ4v) is 2.80. The maximum Gasteiger partial charge on any atom is 0.247 e. The minimum atomic E-state index is 0.263. The Balaban J connectivity index is 1.60. The van der Waals surface area contributed by atoms with Crippen LogP contribution in [0.1, 0.15) is 23.7 Å². The van der Waals surface area contributed by atoms with Gasteiger partial charge < -0.3 is 9.73 Å². The first-order valence-corrected chi connectivity index (χ1v) is 6.97. The molecule has 0 spiro atoms. The summed E-state index contributed by atoms with van der Waals surface area (Å²) in [7, 11) is 0. The van der Waals surface area contributed by atoms with Crippen molar-refractivity contribution in [1.82, 2.24) is 15.2 Å². The van der Waals surface area contributed by atoms with E-state index in [1.165, 1.54) is 12.0 Å². The van der Waals surface area contributed by atoms with E-state index in [-0.39, 0.29) is 6.04 Å². The highest BCUT2D eigenvalue weighted by Crippen LogP contribution is 2.32. The number of pyridine rings is 1. The number of hydrogen-bond acceptors (Lipinski definition) is 5. The van der Waals surface area contributed by atoms with E-state index < -0.39 is 0 Å². The molecule has 0 amide bonds. The van der Waals surface area contributed by atoms with Gasteiger partial charge in [-0.25, -0.2) is 0 Å². The Labute approximate surface area is 122 Å². The summed E-state index contributed by atoms with van der Waals surface area (Å²) in [6.45, 7) is 0. The summed E-state index contributed by atoms with van der Waals surface area (Å²) in [4.78, 5) is 4.51. The van der Waals surface area contributed by atoms with Crippen molar-refractivity contribution >= 4 is 5.69 Å². The van der Waals surface area contributed by atoms with Gasteiger partial charge >= 0.3 is 0 Å². The number of anilines is 1. The number of hydrogen-bond donors (Lipinski definition) is 1. The Bertz CT molecular complexity index is 754. The minimum Gasteiger partial charge on any atom is -0.423 e. The van der Waals surface area contributed by atoms with Crippen LogP contribution in [0.15, 0.2) is 53.4 Å². The average Bonchev–Trinajstić information content (AvgIpc) is 3.18. The highest BCUT2D eigenvalue weighted by Gasteiger charge is 2.23. The van der Waals surface area contributed by atoms with Gasteiger partial charge in [-0.2, -0.15) is 0 Å². The van der Waals surface area contributed by atoms with Crippen molar-refractivity contribution in [2.24, 2.45) is 0 Å². The third-order valence-electron chi connectivity index (χ3n) is 3.77. The number of nitrogens with zero attached hydrogens (tertiary/aromatic N) is 3. The van der Waals surface area contributed by atoms with E-state index in [4.69, 9.17) is 4.42 Å². The highest BCUT2D eigenvalue weighted by atomic mass is 16.4. The largest absolute Gasteiger partial charge is 0.423 e. The predicted molar refractivity (Wildman–Crippen MR) is 78.7 cm³/mol. The van der Waals surface area contributed by atoms with Crippen molar-refractivity contribution in [3.63, 3.8) is 0 Å². The van der Waals surface area contributed by atoms with E-state index in [0.717, 1.165) is 29.8 Å². The van der Waals surface area contributed by atoms with Gasteiger partial charge in [0.25, 0.3) is 0 Å². The molecule has 0 bridgehead atoms. The van der Waals surface area contributed by atoms with Crippen LogP contribution in [0.25, 0.3) is 11.5 Å². The topological polar surface area (TPSA) is 63.8 Å². The van der Waals surface area contributed by atoms with Crippen LogP contribution in [0.3, 0.4) is 0 Å². The van der Waals surface area contributed by atoms with Crippen molar-refractivity contribution in [3.05, 3.63) is 60.2 Å². The van der Waals surface area contributed by atoms with Gasteiger partial charge in [0.2, 0.25) is 12.3 Å². The molecule has 0 saturated carbocycles. The summed E-state index contributed by atoms with van der Waals surface area (Å²) < 4.78 is 5.24. The van der Waals surface area contributed by atoms with E-state index >= 15 is 0 Å². The van der Waals surface area contributed by atoms with Crippen molar-refractivity contribution in [3.8, 4) is 11.5 Å². The van der Waals surface area contributed by atoms with Crippen molar-refractivity contribution in [2.75, 3.05) is 5.32 Å². The molecule has 0 aliphatic heterocycles. The van der Waals surface area contributed by atoms with Gasteiger partial charge in [0.05, 0.1) is 11.7 Å². The van der Waals surface area contributed by atoms with Gasteiger partial charge in [0, 0.05) is 17.4 Å². The molecule has 1 aromatic carbocycles. The van der Waals surface area contributed by atoms with Crippen molar-refractivity contribution < 1.29 is 4.42 Å². The van der Waals surface area contributed by atoms with E-state index in [9.17, 15) is 0 Å². The van der Waals surface area contributed by atoms with Crippen LogP contribution in [0, 0.1) is 0 Å². The van der Waals surface area contributed by atoms with Crippen LogP contribution in [0.4, 0.5) is 5.69 Å². The van der Waals surface area contributed by atoms with Gasteiger partial charge in [-0.15, -0.1) is 10.2 Å². The number of fused-ring (bicyclic) bond motifs is 1. The molecule has 104 valence electrons. The second-order valence-electron chi connectivity index (χ2n) is 5.11. The summed E-state index contributed by atoms with van der Waals surface area (Å²) in [6.07, 6.45) is 5.33. The number of aromatic nitrogens is 3. The Kier molecular flexibility index (Phi) is 2.88. The van der Waals surface area contributed by atoms with Gasteiger partial charge in [0.1, 0.15) is 0 Å². The average molecular weight is 278 g/mol. The lowest BCUT2D eigenvalue weighted by Gasteiger charge is -2.15. The Morgan fingerprint density at radius 3 is 3.10 bits per heavy atom. The molecule has 1 aliphatic rings. The first-order chi connectivity index (χ1) is 10.4. The van der Waals surface area contributed by atoms with Crippen LogP contribution in [-0.2, 0) is 6.42 Å². The van der Waals surface area contributed by atoms with Gasteiger partial charge in [0.15, 0.2) is 0 Å². The monoisotopic (exact) mass is 278 g/mol. The zero-order valence-electron chi connectivity index (χ0n) is 11.4. The van der Waals surface area contributed by atoms with Gasteiger partial charge in [-0.1, -0.05) is 12.1 Å². The summed E-state index contributed by atoms with van der Waals surface area (Å²) in [5, 5.41) is 11.2. The highest BCUT2D eigenvalue weighted by molar-refractivity contribution is 5.61. The van der Waals surface area contributed by atoms with E-state index in [2.05, 4.69) is 26.6 Å². The molecular weight excluding hydrogens is 264 g/mol. The first-order valence-electron chi connectivity index (χ1n) is 6.97. The molecule has 1 atom stereocenters. The fraction of sp³-hybridized carbons (Fsp3) is 0.188. The summed E-state index contributed by atoms with van der Waals surface area (Å²) in [5.74, 6) is 0.531. The Morgan fingerprint density at radius 1 is 1.19 bits per heavy atom. The first kappa shape index (κ1) is 12.1. The van der Waals surface area contributed by atoms with E-state index in [0.29, 0.717) is 5.89 Å². The van der Waals surface area contributed by atoms with Crippen LogP contribution in [-0.4, -0.2) is 15.2 Å². The Morgan fingerprint density at radius 2 is 2.19 bits per heavy atom. The summed E-state index contributed by atoms with van der Waals surface area (Å²) >= 11 is 0. The summed E-state index contributed by atoms with van der Waals surface area (Å²) in [5.41, 5.74) is 4.44. The zero-order chi connectivity index (χ0) is 14.1. The van der Waals surface area contributed by atoms with Crippen molar-refractivity contribution in [2.45, 2.75) is 18.9 Å². The third kappa shape index (κ3) is 2.27. The van der Waals surface area contributed by atoms with Gasteiger partial charge in [-0.3, -0.25) is 4.98 Å². The lowest BCUT2D eigenvalue weighted by molar-refractivity contribution is 0.568. The molecule has 5 nitrogen and oxygen atoms in total. The van der Waals surface area contributed by atoms with Crippen LogP contribution < -0.4 is 5.32 Å². The van der Waals surface area contributed by atoms with Gasteiger partial charge in [-0.05, 0) is 42.7 Å². The smallest absolute Gasteiger partial charge is 0.247 e. The molecule has 21 heavy (non-hydrogen) atoms. The lowest BCUT2D eigenvalue weighted by atomic mass is 10.1. The molecule has 0 radical (unpaired) electrons. The second-order valence-corrected chi connectivity index (χ2v) is 5.11. The maximum atomic E-state index is 5.24. The number of rotatable bonds is 3. The van der Waals surface area contributed by atoms with Crippen LogP contribution in [0.5, 0.6) is 0 Å². The predicted octanol–water partition coefficient (Wildman–Crippen LogP) is 3.23. The minimum absolute atomic E-state index is 0.263. The third-order valence-corrected chi connectivity index (χ3v) is 3.77. The van der Waals surface area contributed by atoms with E-state index in [1.54, 1.807) is 0 Å². The molecule has 2 aromatic heterocycles. The SMILES string of the molecule is c1cc(NC2CCc3cccnc32)cc(-c2nnco2)c1. The van der Waals surface area contributed by atoms with Crippen LogP contribution in [0.2, 0.25) is 0 Å².